The van der Waals surface area contributed by atoms with Gasteiger partial charge in [-0.05, 0) is 35.2 Å². The molecule has 0 unspecified atom stereocenters. The molecule has 0 bridgehead atoms. The van der Waals surface area contributed by atoms with Crippen LogP contribution in [-0.4, -0.2) is 40.2 Å². The van der Waals surface area contributed by atoms with Crippen LogP contribution in [0.15, 0.2) is 48.5 Å². The highest BCUT2D eigenvalue weighted by molar-refractivity contribution is 5.78. The van der Waals surface area contributed by atoms with Crippen molar-refractivity contribution in [3.05, 3.63) is 65.2 Å². The predicted octanol–water partition coefficient (Wildman–Crippen LogP) is 1.82. The SMILES string of the molecule is O=C(Cc1cccc(O)c1)NCc1ccccc1CN1CC[C@H](O)C1. The number of rotatable bonds is 6. The van der Waals surface area contributed by atoms with Crippen LogP contribution in [0.2, 0.25) is 0 Å². The number of aromatic hydroxyl groups is 1. The van der Waals surface area contributed by atoms with Crippen LogP contribution >= 0.6 is 0 Å². The Morgan fingerprint density at radius 3 is 2.68 bits per heavy atom. The molecule has 25 heavy (non-hydrogen) atoms. The largest absolute Gasteiger partial charge is 0.508 e. The van der Waals surface area contributed by atoms with Gasteiger partial charge in [-0.25, -0.2) is 0 Å². The van der Waals surface area contributed by atoms with Crippen LogP contribution in [0.5, 0.6) is 5.75 Å². The van der Waals surface area contributed by atoms with Crippen molar-refractivity contribution in [3.63, 3.8) is 0 Å². The molecule has 1 amide bonds. The van der Waals surface area contributed by atoms with Crippen molar-refractivity contribution in [3.8, 4) is 5.75 Å². The molecule has 3 N–H and O–H groups in total. The first kappa shape index (κ1) is 17.5. The Labute approximate surface area is 147 Å². The Morgan fingerprint density at radius 1 is 1.16 bits per heavy atom. The van der Waals surface area contributed by atoms with Gasteiger partial charge in [-0.3, -0.25) is 9.69 Å². The Morgan fingerprint density at radius 2 is 1.96 bits per heavy atom. The fraction of sp³-hybridized carbons (Fsp3) is 0.350. The lowest BCUT2D eigenvalue weighted by Gasteiger charge is -2.18. The summed E-state index contributed by atoms with van der Waals surface area (Å²) in [6.45, 7) is 2.87. The second-order valence-corrected chi connectivity index (χ2v) is 6.57. The summed E-state index contributed by atoms with van der Waals surface area (Å²) in [5.41, 5.74) is 3.05. The molecule has 0 radical (unpaired) electrons. The number of likely N-dealkylation sites (tertiary alicyclic amines) is 1. The van der Waals surface area contributed by atoms with Crippen LogP contribution in [0.25, 0.3) is 0 Å². The standard InChI is InChI=1S/C20H24N2O3/c23-18-7-3-4-15(10-18)11-20(25)21-12-16-5-1-2-6-17(16)13-22-9-8-19(24)14-22/h1-7,10,19,23-24H,8-9,11-14H2,(H,21,25)/t19-/m0/s1. The number of nitrogens with zero attached hydrogens (tertiary/aromatic N) is 1. The minimum Gasteiger partial charge on any atom is -0.508 e. The molecule has 0 saturated carbocycles. The first-order chi connectivity index (χ1) is 12.1. The molecule has 1 saturated heterocycles. The average molecular weight is 340 g/mol. The number of amides is 1. The van der Waals surface area contributed by atoms with Gasteiger partial charge in [0, 0.05) is 26.2 Å². The van der Waals surface area contributed by atoms with Crippen LogP contribution in [0.4, 0.5) is 0 Å². The van der Waals surface area contributed by atoms with E-state index in [2.05, 4.69) is 16.3 Å². The number of carbonyl (C=O) groups excluding carboxylic acids is 1. The fourth-order valence-corrected chi connectivity index (χ4v) is 3.19. The zero-order valence-electron chi connectivity index (χ0n) is 14.2. The maximum Gasteiger partial charge on any atom is 0.224 e. The normalized spacial score (nSPS) is 17.6. The second-order valence-electron chi connectivity index (χ2n) is 6.57. The summed E-state index contributed by atoms with van der Waals surface area (Å²) in [7, 11) is 0. The van der Waals surface area contributed by atoms with Crippen molar-refractivity contribution >= 4 is 5.91 Å². The molecule has 5 nitrogen and oxygen atoms in total. The van der Waals surface area contributed by atoms with Crippen LogP contribution in [0.3, 0.4) is 0 Å². The number of aliphatic hydroxyl groups excluding tert-OH is 1. The summed E-state index contributed by atoms with van der Waals surface area (Å²) in [5, 5.41) is 22.1. The van der Waals surface area contributed by atoms with Gasteiger partial charge < -0.3 is 15.5 Å². The molecule has 2 aromatic carbocycles. The van der Waals surface area contributed by atoms with Gasteiger partial charge in [0.25, 0.3) is 0 Å². The number of carbonyl (C=O) groups is 1. The molecule has 0 aliphatic carbocycles. The Balaban J connectivity index is 1.56. The number of β-amino-alcohol motifs (C(OH)–C–C–N with tert-alkyl or cyclic N) is 1. The van der Waals surface area contributed by atoms with E-state index >= 15 is 0 Å². The predicted molar refractivity (Wildman–Crippen MR) is 96.0 cm³/mol. The quantitative estimate of drug-likeness (QED) is 0.750. The minimum atomic E-state index is -0.228. The third kappa shape index (κ3) is 5.05. The topological polar surface area (TPSA) is 72.8 Å². The van der Waals surface area contributed by atoms with Gasteiger partial charge >= 0.3 is 0 Å². The average Bonchev–Trinajstić information content (AvgIpc) is 2.99. The van der Waals surface area contributed by atoms with Crippen molar-refractivity contribution in [1.29, 1.82) is 0 Å². The lowest BCUT2D eigenvalue weighted by Crippen LogP contribution is -2.26. The van der Waals surface area contributed by atoms with Crippen molar-refractivity contribution in [2.75, 3.05) is 13.1 Å². The lowest BCUT2D eigenvalue weighted by molar-refractivity contribution is -0.120. The van der Waals surface area contributed by atoms with E-state index < -0.39 is 0 Å². The molecule has 3 rings (SSSR count). The van der Waals surface area contributed by atoms with E-state index in [1.165, 1.54) is 5.56 Å². The van der Waals surface area contributed by atoms with Crippen molar-refractivity contribution in [2.45, 2.75) is 32.0 Å². The van der Waals surface area contributed by atoms with E-state index in [4.69, 9.17) is 0 Å². The summed E-state index contributed by atoms with van der Waals surface area (Å²) >= 11 is 0. The van der Waals surface area contributed by atoms with Crippen molar-refractivity contribution in [1.82, 2.24) is 10.2 Å². The molecule has 1 fully saturated rings. The number of nitrogens with one attached hydrogen (secondary N) is 1. The maximum absolute atomic E-state index is 12.2. The third-order valence-electron chi connectivity index (χ3n) is 4.51. The van der Waals surface area contributed by atoms with Gasteiger partial charge in [0.05, 0.1) is 12.5 Å². The summed E-state index contributed by atoms with van der Waals surface area (Å²) in [5.74, 6) is 0.0976. The van der Waals surface area contributed by atoms with E-state index in [1.807, 2.05) is 24.3 Å². The van der Waals surface area contributed by atoms with Crippen molar-refractivity contribution in [2.24, 2.45) is 0 Å². The highest BCUT2D eigenvalue weighted by Gasteiger charge is 2.20. The van der Waals surface area contributed by atoms with Gasteiger partial charge in [0.1, 0.15) is 5.75 Å². The molecule has 5 heteroatoms. The van der Waals surface area contributed by atoms with E-state index in [0.717, 1.165) is 30.6 Å². The molecule has 1 heterocycles. The lowest BCUT2D eigenvalue weighted by atomic mass is 10.1. The van der Waals surface area contributed by atoms with Crippen LogP contribution in [0.1, 0.15) is 23.1 Å². The first-order valence-corrected chi connectivity index (χ1v) is 8.62. The first-order valence-electron chi connectivity index (χ1n) is 8.62. The maximum atomic E-state index is 12.2. The fourth-order valence-electron chi connectivity index (χ4n) is 3.19. The molecule has 0 spiro atoms. The third-order valence-corrected chi connectivity index (χ3v) is 4.51. The number of phenolic OH excluding ortho intramolecular Hbond substituents is 1. The smallest absolute Gasteiger partial charge is 0.224 e. The minimum absolute atomic E-state index is 0.0722. The zero-order valence-corrected chi connectivity index (χ0v) is 14.2. The Kier molecular flexibility index (Phi) is 5.68. The van der Waals surface area contributed by atoms with E-state index in [0.29, 0.717) is 13.1 Å². The Bertz CT molecular complexity index is 732. The van der Waals surface area contributed by atoms with Crippen LogP contribution in [-0.2, 0) is 24.3 Å². The molecule has 1 aliphatic rings. The number of phenols is 1. The van der Waals surface area contributed by atoms with E-state index in [9.17, 15) is 15.0 Å². The van der Waals surface area contributed by atoms with Gasteiger partial charge in [-0.15, -0.1) is 0 Å². The second kappa shape index (κ2) is 8.14. The van der Waals surface area contributed by atoms with Gasteiger partial charge in [-0.2, -0.15) is 0 Å². The molecular formula is C20H24N2O3. The number of aliphatic hydroxyl groups is 1. The van der Waals surface area contributed by atoms with E-state index in [1.54, 1.807) is 18.2 Å². The number of hydrogen-bond acceptors (Lipinski definition) is 4. The molecule has 132 valence electrons. The Hall–Kier alpha value is -2.37. The highest BCUT2D eigenvalue weighted by atomic mass is 16.3. The molecule has 1 aliphatic heterocycles. The molecule has 1 atom stereocenters. The van der Waals surface area contributed by atoms with E-state index in [-0.39, 0.29) is 24.2 Å². The van der Waals surface area contributed by atoms with Gasteiger partial charge in [0.15, 0.2) is 0 Å². The number of hydrogen-bond donors (Lipinski definition) is 3. The highest BCUT2D eigenvalue weighted by Crippen LogP contribution is 2.17. The van der Waals surface area contributed by atoms with Gasteiger partial charge in [-0.1, -0.05) is 36.4 Å². The summed E-state index contributed by atoms with van der Waals surface area (Å²) in [6, 6.07) is 14.8. The van der Waals surface area contributed by atoms with Crippen molar-refractivity contribution < 1.29 is 15.0 Å². The van der Waals surface area contributed by atoms with Gasteiger partial charge in [0.2, 0.25) is 5.91 Å². The summed E-state index contributed by atoms with van der Waals surface area (Å²) in [6.07, 6.45) is 0.840. The number of benzene rings is 2. The monoisotopic (exact) mass is 340 g/mol. The molecule has 2 aromatic rings. The van der Waals surface area contributed by atoms with Crippen LogP contribution in [0, 0.1) is 0 Å². The summed E-state index contributed by atoms with van der Waals surface area (Å²) < 4.78 is 0. The molecular weight excluding hydrogens is 316 g/mol. The zero-order chi connectivity index (χ0) is 17.6. The summed E-state index contributed by atoms with van der Waals surface area (Å²) in [4.78, 5) is 14.4. The van der Waals surface area contributed by atoms with Crippen LogP contribution < -0.4 is 5.32 Å². The molecule has 0 aromatic heterocycles.